The maximum atomic E-state index is 11.1. The molecule has 0 saturated heterocycles. The summed E-state index contributed by atoms with van der Waals surface area (Å²) in [5, 5.41) is 0. The summed E-state index contributed by atoms with van der Waals surface area (Å²) >= 11 is 0. The van der Waals surface area contributed by atoms with Crippen LogP contribution in [0.5, 0.6) is 0 Å². The third-order valence-electron chi connectivity index (χ3n) is 1.62. The van der Waals surface area contributed by atoms with Crippen LogP contribution in [0, 0.1) is 6.54 Å². The molecule has 1 heterocycles. The normalized spacial score (nSPS) is 13.5. The third-order valence-corrected chi connectivity index (χ3v) is 1.62. The summed E-state index contributed by atoms with van der Waals surface area (Å²) in [5.41, 5.74) is 6.80. The molecule has 0 radical (unpaired) electrons. The number of hydrogen-bond acceptors (Lipinski definition) is 2. The van der Waals surface area contributed by atoms with Gasteiger partial charge in [0.25, 0.3) is 0 Å². The van der Waals surface area contributed by atoms with Crippen LogP contribution in [-0.4, -0.2) is 5.91 Å². The number of fused-ring (bicyclic) bond motifs is 1. The Hall–Kier alpha value is -0.792. The molecule has 1 aromatic carbocycles. The van der Waals surface area contributed by atoms with Gasteiger partial charge in [0.2, 0.25) is 5.91 Å². The summed E-state index contributed by atoms with van der Waals surface area (Å²) in [6.07, 6.45) is 0. The van der Waals surface area contributed by atoms with Crippen LogP contribution >= 0.6 is 0 Å². The number of carbonyl (C=O) groups excluding carboxylic acids is 1. The molecule has 4 heteroatoms. The summed E-state index contributed by atoms with van der Waals surface area (Å²) in [7, 11) is 0. The SMILES string of the molecule is O=C1NN[CH-]c2ccccc21.[Pt]. The minimum absolute atomic E-state index is 0. The van der Waals surface area contributed by atoms with Gasteiger partial charge in [-0.15, -0.1) is 18.7 Å². The van der Waals surface area contributed by atoms with Crippen LogP contribution in [0.1, 0.15) is 15.9 Å². The molecular formula is C8H7N2OPt-. The predicted molar refractivity (Wildman–Crippen MR) is 40.4 cm³/mol. The maximum absolute atomic E-state index is 11.1. The Morgan fingerprint density at radius 1 is 1.25 bits per heavy atom. The van der Waals surface area contributed by atoms with E-state index in [1.54, 1.807) is 12.6 Å². The first-order valence-corrected chi connectivity index (χ1v) is 3.36. The van der Waals surface area contributed by atoms with Gasteiger partial charge in [-0.25, -0.2) is 0 Å². The van der Waals surface area contributed by atoms with Crippen LogP contribution in [0.3, 0.4) is 0 Å². The van der Waals surface area contributed by atoms with E-state index in [-0.39, 0.29) is 27.0 Å². The number of rotatable bonds is 0. The molecule has 1 aromatic rings. The maximum Gasteiger partial charge on any atom is 0.209 e. The van der Waals surface area contributed by atoms with Crippen molar-refractivity contribution in [2.75, 3.05) is 0 Å². The fourth-order valence-electron chi connectivity index (χ4n) is 1.08. The van der Waals surface area contributed by atoms with E-state index in [9.17, 15) is 4.79 Å². The van der Waals surface area contributed by atoms with Crippen molar-refractivity contribution in [2.24, 2.45) is 0 Å². The number of benzene rings is 1. The summed E-state index contributed by atoms with van der Waals surface area (Å²) in [6, 6.07) is 7.43. The summed E-state index contributed by atoms with van der Waals surface area (Å²) < 4.78 is 0. The fraction of sp³-hybridized carbons (Fsp3) is 0. The van der Waals surface area contributed by atoms with Crippen molar-refractivity contribution < 1.29 is 25.9 Å². The van der Waals surface area contributed by atoms with Crippen molar-refractivity contribution in [1.82, 2.24) is 10.9 Å². The Kier molecular flexibility index (Phi) is 2.90. The molecule has 1 amide bonds. The second-order valence-corrected chi connectivity index (χ2v) is 2.33. The molecule has 1 aliphatic rings. The summed E-state index contributed by atoms with van der Waals surface area (Å²) in [6.45, 7) is 1.76. The molecule has 0 spiro atoms. The van der Waals surface area contributed by atoms with Gasteiger partial charge >= 0.3 is 0 Å². The van der Waals surface area contributed by atoms with Gasteiger partial charge in [0, 0.05) is 21.1 Å². The topological polar surface area (TPSA) is 41.1 Å². The molecule has 0 unspecified atom stereocenters. The largest absolute Gasteiger partial charge is 0.305 e. The molecule has 0 aliphatic carbocycles. The molecule has 12 heavy (non-hydrogen) atoms. The van der Waals surface area contributed by atoms with Gasteiger partial charge in [0.15, 0.2) is 0 Å². The van der Waals surface area contributed by atoms with Crippen LogP contribution in [0.25, 0.3) is 0 Å². The van der Waals surface area contributed by atoms with E-state index in [2.05, 4.69) is 10.9 Å². The Morgan fingerprint density at radius 3 is 2.75 bits per heavy atom. The smallest absolute Gasteiger partial charge is 0.209 e. The summed E-state index contributed by atoms with van der Waals surface area (Å²) in [5.74, 6) is -0.0805. The van der Waals surface area contributed by atoms with Crippen molar-refractivity contribution in [3.8, 4) is 0 Å². The van der Waals surface area contributed by atoms with Crippen LogP contribution in [0.15, 0.2) is 24.3 Å². The van der Waals surface area contributed by atoms with E-state index in [1.165, 1.54) is 0 Å². The zero-order valence-electron chi connectivity index (χ0n) is 6.11. The third kappa shape index (κ3) is 1.52. The molecule has 0 bridgehead atoms. The van der Waals surface area contributed by atoms with Crippen LogP contribution in [-0.2, 0) is 21.1 Å². The minimum atomic E-state index is -0.0805. The Labute approximate surface area is 84.8 Å². The van der Waals surface area contributed by atoms with Gasteiger partial charge < -0.3 is 5.43 Å². The van der Waals surface area contributed by atoms with Gasteiger partial charge in [0.05, 0.1) is 0 Å². The molecule has 0 aromatic heterocycles. The van der Waals surface area contributed by atoms with Crippen molar-refractivity contribution in [2.45, 2.75) is 0 Å². The number of hydrogen-bond donors (Lipinski definition) is 2. The molecule has 2 N–H and O–H groups in total. The minimum Gasteiger partial charge on any atom is -0.305 e. The van der Waals surface area contributed by atoms with E-state index >= 15 is 0 Å². The standard InChI is InChI=1S/C8H7N2O.Pt/c11-8-7-4-2-1-3-6(7)5-9-10-8;/h1-5,9H,(H,10,11);/q-1;. The number of hydrazine groups is 1. The van der Waals surface area contributed by atoms with Gasteiger partial charge in [-0.05, 0) is 0 Å². The quantitative estimate of drug-likeness (QED) is 0.672. The van der Waals surface area contributed by atoms with Gasteiger partial charge in [-0.3, -0.25) is 10.2 Å². The monoisotopic (exact) mass is 342 g/mol. The Morgan fingerprint density at radius 2 is 2.00 bits per heavy atom. The number of carbonyl (C=O) groups is 1. The van der Waals surface area contributed by atoms with Crippen LogP contribution < -0.4 is 10.9 Å². The van der Waals surface area contributed by atoms with Crippen molar-refractivity contribution in [3.63, 3.8) is 0 Å². The molecule has 1 aliphatic heterocycles. The van der Waals surface area contributed by atoms with E-state index in [1.807, 2.05) is 18.2 Å². The second-order valence-electron chi connectivity index (χ2n) is 2.33. The molecule has 3 nitrogen and oxygen atoms in total. The van der Waals surface area contributed by atoms with Gasteiger partial charge in [0.1, 0.15) is 0 Å². The zero-order chi connectivity index (χ0) is 7.68. The van der Waals surface area contributed by atoms with E-state index in [4.69, 9.17) is 0 Å². The molecule has 0 fully saturated rings. The fourth-order valence-corrected chi connectivity index (χ4v) is 1.08. The second kappa shape index (κ2) is 3.74. The van der Waals surface area contributed by atoms with Crippen molar-refractivity contribution in [1.29, 1.82) is 0 Å². The molecule has 66 valence electrons. The Bertz CT molecular complexity index is 301. The molecule has 2 rings (SSSR count). The first-order chi connectivity index (χ1) is 5.38. The zero-order valence-corrected chi connectivity index (χ0v) is 8.38. The van der Waals surface area contributed by atoms with Gasteiger partial charge in [-0.2, -0.15) is 11.6 Å². The average molecular weight is 342 g/mol. The first kappa shape index (κ1) is 9.30. The van der Waals surface area contributed by atoms with Crippen LogP contribution in [0.4, 0.5) is 0 Å². The van der Waals surface area contributed by atoms with E-state index < -0.39 is 0 Å². The molecule has 0 atom stereocenters. The number of nitrogens with one attached hydrogen (secondary N) is 2. The van der Waals surface area contributed by atoms with Crippen LogP contribution in [0.2, 0.25) is 0 Å². The van der Waals surface area contributed by atoms with Crippen molar-refractivity contribution >= 4 is 5.91 Å². The molecule has 0 saturated carbocycles. The number of amides is 1. The van der Waals surface area contributed by atoms with Gasteiger partial charge in [-0.1, -0.05) is 11.6 Å². The van der Waals surface area contributed by atoms with Crippen molar-refractivity contribution in [3.05, 3.63) is 41.9 Å². The van der Waals surface area contributed by atoms with E-state index in [0.29, 0.717) is 5.56 Å². The first-order valence-electron chi connectivity index (χ1n) is 3.36. The average Bonchev–Trinajstić information content (AvgIpc) is 2.06. The van der Waals surface area contributed by atoms with E-state index in [0.717, 1.165) is 5.56 Å². The predicted octanol–water partition coefficient (Wildman–Crippen LogP) is 0.442. The Balaban J connectivity index is 0.000000720. The molecular weight excluding hydrogens is 335 g/mol. The summed E-state index contributed by atoms with van der Waals surface area (Å²) in [4.78, 5) is 11.1.